The molecule has 0 saturated heterocycles. The molecule has 0 N–H and O–H groups in total. The van der Waals surface area contributed by atoms with Crippen molar-refractivity contribution in [1.29, 1.82) is 0 Å². The number of aldehydes is 1. The first kappa shape index (κ1) is 14.5. The molecule has 0 aliphatic rings. The molecule has 2 rings (SSSR count). The molecule has 2 aromatic rings. The first-order valence-electron chi connectivity index (χ1n) is 5.27. The van der Waals surface area contributed by atoms with Crippen molar-refractivity contribution in [2.75, 3.05) is 0 Å². The van der Waals surface area contributed by atoms with E-state index in [-0.39, 0.29) is 12.3 Å². The summed E-state index contributed by atoms with van der Waals surface area (Å²) in [5, 5.41) is 0.610. The lowest BCUT2D eigenvalue weighted by molar-refractivity contribution is 0.111. The van der Waals surface area contributed by atoms with Gasteiger partial charge in [-0.15, -0.1) is 0 Å². The molecule has 6 heteroatoms. The van der Waals surface area contributed by atoms with Crippen molar-refractivity contribution >= 4 is 49.7 Å². The lowest BCUT2D eigenvalue weighted by atomic mass is 10.2. The second kappa shape index (κ2) is 6.50. The monoisotopic (exact) mass is 403 g/mol. The Bertz CT molecular complexity index is 620. The minimum atomic E-state index is 0.259. The van der Waals surface area contributed by atoms with Crippen molar-refractivity contribution in [3.63, 3.8) is 0 Å². The smallest absolute Gasteiger partial charge is 0.172 e. The Hall–Kier alpha value is -0.910. The molecule has 0 unspecified atom stereocenters. The molecule has 98 valence electrons. The van der Waals surface area contributed by atoms with Gasteiger partial charge < -0.3 is 4.74 Å². The van der Waals surface area contributed by atoms with E-state index in [4.69, 9.17) is 16.3 Å². The van der Waals surface area contributed by atoms with Crippen molar-refractivity contribution in [1.82, 2.24) is 4.98 Å². The van der Waals surface area contributed by atoms with E-state index in [1.807, 2.05) is 12.1 Å². The Morgan fingerprint density at radius 3 is 2.79 bits per heavy atom. The number of benzene rings is 1. The van der Waals surface area contributed by atoms with E-state index in [1.165, 1.54) is 0 Å². The molecule has 1 aromatic carbocycles. The number of ether oxygens (including phenoxy) is 1. The van der Waals surface area contributed by atoms with Gasteiger partial charge in [0.15, 0.2) is 6.29 Å². The third-order valence-corrected chi connectivity index (χ3v) is 3.65. The highest BCUT2D eigenvalue weighted by Gasteiger charge is 2.08. The number of carbonyl (C=O) groups excluding carboxylic acids is 1. The van der Waals surface area contributed by atoms with Gasteiger partial charge in [-0.3, -0.25) is 4.79 Å². The Morgan fingerprint density at radius 2 is 2.05 bits per heavy atom. The summed E-state index contributed by atoms with van der Waals surface area (Å²) >= 11 is 12.7. The number of rotatable bonds is 4. The Morgan fingerprint density at radius 1 is 1.26 bits per heavy atom. The maximum absolute atomic E-state index is 10.9. The van der Waals surface area contributed by atoms with Crippen LogP contribution in [0.2, 0.25) is 5.02 Å². The maximum Gasteiger partial charge on any atom is 0.172 e. The predicted molar refractivity (Wildman–Crippen MR) is 80.8 cm³/mol. The van der Waals surface area contributed by atoms with Crippen LogP contribution in [0.5, 0.6) is 5.75 Å². The summed E-state index contributed by atoms with van der Waals surface area (Å²) in [6.07, 6.45) is 2.20. The number of halogens is 3. The fraction of sp³-hybridized carbons (Fsp3) is 0.0769. The first-order chi connectivity index (χ1) is 9.10. The number of nitrogens with zero attached hydrogens (tertiary/aromatic N) is 1. The standard InChI is InChI=1S/C13H8Br2ClNO2/c14-9-1-2-11(16)8(3-9)7-19-13-4-10(15)5-17-12(13)6-18/h1-6H,7H2. The topological polar surface area (TPSA) is 39.2 Å². The zero-order chi connectivity index (χ0) is 13.8. The van der Waals surface area contributed by atoms with Crippen LogP contribution in [0.1, 0.15) is 16.1 Å². The molecular formula is C13H8Br2ClNO2. The maximum atomic E-state index is 10.9. The van der Waals surface area contributed by atoms with Crippen LogP contribution < -0.4 is 4.74 Å². The van der Waals surface area contributed by atoms with Crippen molar-refractivity contribution < 1.29 is 9.53 Å². The minimum Gasteiger partial charge on any atom is -0.486 e. The van der Waals surface area contributed by atoms with Gasteiger partial charge in [-0.05, 0) is 40.2 Å². The lowest BCUT2D eigenvalue weighted by Crippen LogP contribution is -2.00. The molecular weight excluding hydrogens is 397 g/mol. The Labute approximate surface area is 132 Å². The van der Waals surface area contributed by atoms with E-state index in [0.717, 1.165) is 14.5 Å². The van der Waals surface area contributed by atoms with Gasteiger partial charge in [0.1, 0.15) is 18.1 Å². The summed E-state index contributed by atoms with van der Waals surface area (Å²) in [6.45, 7) is 0.261. The average molecular weight is 405 g/mol. The van der Waals surface area contributed by atoms with E-state index in [1.54, 1.807) is 18.3 Å². The minimum absolute atomic E-state index is 0.259. The van der Waals surface area contributed by atoms with Crippen LogP contribution in [-0.4, -0.2) is 11.3 Å². The van der Waals surface area contributed by atoms with Gasteiger partial charge in [0.25, 0.3) is 0 Å². The predicted octanol–water partition coefficient (Wildman–Crippen LogP) is 4.65. The second-order valence-corrected chi connectivity index (χ2v) is 5.92. The zero-order valence-corrected chi connectivity index (χ0v) is 13.5. The van der Waals surface area contributed by atoms with Crippen molar-refractivity contribution in [2.45, 2.75) is 6.61 Å². The van der Waals surface area contributed by atoms with Crippen molar-refractivity contribution in [3.8, 4) is 5.75 Å². The van der Waals surface area contributed by atoms with E-state index in [0.29, 0.717) is 17.1 Å². The fourth-order valence-electron chi connectivity index (χ4n) is 1.44. The van der Waals surface area contributed by atoms with Crippen molar-refractivity contribution in [3.05, 3.63) is 55.7 Å². The number of hydrogen-bond acceptors (Lipinski definition) is 3. The Balaban J connectivity index is 2.20. The SMILES string of the molecule is O=Cc1ncc(Br)cc1OCc1cc(Br)ccc1Cl. The Kier molecular flexibility index (Phi) is 4.96. The van der Waals surface area contributed by atoms with Crippen LogP contribution in [0.3, 0.4) is 0 Å². The van der Waals surface area contributed by atoms with E-state index >= 15 is 0 Å². The third-order valence-electron chi connectivity index (χ3n) is 2.35. The largest absolute Gasteiger partial charge is 0.486 e. The second-order valence-electron chi connectivity index (χ2n) is 3.68. The molecule has 19 heavy (non-hydrogen) atoms. The van der Waals surface area contributed by atoms with Gasteiger partial charge in [0.2, 0.25) is 0 Å². The highest BCUT2D eigenvalue weighted by atomic mass is 79.9. The summed E-state index contributed by atoms with van der Waals surface area (Å²) in [5.74, 6) is 0.417. The van der Waals surface area contributed by atoms with Crippen molar-refractivity contribution in [2.24, 2.45) is 0 Å². The molecule has 0 saturated carbocycles. The summed E-state index contributed by atoms with van der Waals surface area (Å²) in [7, 11) is 0. The van der Waals surface area contributed by atoms with Crippen LogP contribution >= 0.6 is 43.5 Å². The molecule has 0 fully saturated rings. The molecule has 1 aromatic heterocycles. The normalized spacial score (nSPS) is 10.3. The van der Waals surface area contributed by atoms with E-state index < -0.39 is 0 Å². The van der Waals surface area contributed by atoms with Gasteiger partial charge in [-0.1, -0.05) is 27.5 Å². The van der Waals surface area contributed by atoms with Gasteiger partial charge in [-0.25, -0.2) is 4.98 Å². The van der Waals surface area contributed by atoms with Gasteiger partial charge in [0, 0.05) is 25.7 Å². The molecule has 0 atom stereocenters. The van der Waals surface area contributed by atoms with Crippen LogP contribution in [0, 0.1) is 0 Å². The fourth-order valence-corrected chi connectivity index (χ4v) is 2.34. The molecule has 0 spiro atoms. The number of pyridine rings is 1. The number of aromatic nitrogens is 1. The first-order valence-corrected chi connectivity index (χ1v) is 7.24. The molecule has 0 aliphatic heterocycles. The molecule has 0 bridgehead atoms. The number of hydrogen-bond donors (Lipinski definition) is 0. The van der Waals surface area contributed by atoms with E-state index in [2.05, 4.69) is 36.8 Å². The van der Waals surface area contributed by atoms with Crippen LogP contribution in [-0.2, 0) is 6.61 Å². The van der Waals surface area contributed by atoms with Crippen LogP contribution in [0.25, 0.3) is 0 Å². The number of carbonyl (C=O) groups is 1. The summed E-state index contributed by atoms with van der Waals surface area (Å²) in [5.41, 5.74) is 1.09. The molecule has 3 nitrogen and oxygen atoms in total. The average Bonchev–Trinajstić information content (AvgIpc) is 2.40. The molecule has 0 aliphatic carbocycles. The zero-order valence-electron chi connectivity index (χ0n) is 9.57. The lowest BCUT2D eigenvalue weighted by Gasteiger charge is -2.09. The molecule has 1 heterocycles. The van der Waals surface area contributed by atoms with Gasteiger partial charge >= 0.3 is 0 Å². The van der Waals surface area contributed by atoms with Gasteiger partial charge in [-0.2, -0.15) is 0 Å². The summed E-state index contributed by atoms with van der Waals surface area (Å²) in [4.78, 5) is 14.8. The summed E-state index contributed by atoms with van der Waals surface area (Å²) in [6, 6.07) is 7.20. The highest BCUT2D eigenvalue weighted by molar-refractivity contribution is 9.10. The van der Waals surface area contributed by atoms with Crippen LogP contribution in [0.15, 0.2) is 39.4 Å². The molecule has 0 radical (unpaired) electrons. The van der Waals surface area contributed by atoms with E-state index in [9.17, 15) is 4.79 Å². The van der Waals surface area contributed by atoms with Crippen LogP contribution in [0.4, 0.5) is 0 Å². The quantitative estimate of drug-likeness (QED) is 0.695. The summed E-state index contributed by atoms with van der Waals surface area (Å²) < 4.78 is 7.26. The molecule has 0 amide bonds. The van der Waals surface area contributed by atoms with Gasteiger partial charge in [0.05, 0.1) is 0 Å². The highest BCUT2D eigenvalue weighted by Crippen LogP contribution is 2.25. The third kappa shape index (κ3) is 3.78.